The molecular formula is C22H27N5O. The molecule has 0 aliphatic heterocycles. The van der Waals surface area contributed by atoms with Crippen molar-refractivity contribution in [2.45, 2.75) is 19.9 Å². The van der Waals surface area contributed by atoms with Crippen LogP contribution in [0.15, 0.2) is 65.9 Å². The van der Waals surface area contributed by atoms with Crippen LogP contribution in [-0.4, -0.2) is 36.4 Å². The van der Waals surface area contributed by atoms with Crippen LogP contribution in [0.1, 0.15) is 16.7 Å². The lowest BCUT2D eigenvalue weighted by Crippen LogP contribution is -2.37. The summed E-state index contributed by atoms with van der Waals surface area (Å²) in [4.78, 5) is 4.31. The van der Waals surface area contributed by atoms with Crippen LogP contribution in [0.3, 0.4) is 0 Å². The molecule has 2 aromatic carbocycles. The summed E-state index contributed by atoms with van der Waals surface area (Å²) in [5.41, 5.74) is 4.59. The minimum atomic E-state index is 0.688. The Morgan fingerprint density at radius 2 is 2.00 bits per heavy atom. The molecular weight excluding hydrogens is 350 g/mol. The number of aryl methyl sites for hydroxylation is 1. The van der Waals surface area contributed by atoms with Gasteiger partial charge in [0.1, 0.15) is 5.75 Å². The lowest BCUT2D eigenvalue weighted by atomic mass is 10.1. The van der Waals surface area contributed by atoms with E-state index in [1.165, 1.54) is 11.1 Å². The SMILES string of the molecule is CN=C(NCCc1ccc(C)c(OC)c1)NCc1cccc(-n2cccn2)c1. The molecule has 28 heavy (non-hydrogen) atoms. The van der Waals surface area contributed by atoms with Gasteiger partial charge in [0.15, 0.2) is 5.96 Å². The smallest absolute Gasteiger partial charge is 0.191 e. The van der Waals surface area contributed by atoms with Crippen molar-refractivity contribution in [1.29, 1.82) is 0 Å². The summed E-state index contributed by atoms with van der Waals surface area (Å²) >= 11 is 0. The summed E-state index contributed by atoms with van der Waals surface area (Å²) in [6.45, 7) is 3.53. The van der Waals surface area contributed by atoms with Crippen molar-refractivity contribution in [3.8, 4) is 11.4 Å². The molecule has 0 aliphatic rings. The summed E-state index contributed by atoms with van der Waals surface area (Å²) in [6.07, 6.45) is 4.61. The first-order chi connectivity index (χ1) is 13.7. The van der Waals surface area contributed by atoms with Gasteiger partial charge in [-0.2, -0.15) is 5.10 Å². The number of guanidine groups is 1. The first-order valence-corrected chi connectivity index (χ1v) is 9.36. The molecule has 3 aromatic rings. The minimum absolute atomic E-state index is 0.688. The van der Waals surface area contributed by atoms with Gasteiger partial charge in [0.05, 0.1) is 12.8 Å². The Balaban J connectivity index is 1.51. The third kappa shape index (κ3) is 5.13. The normalized spacial score (nSPS) is 11.3. The van der Waals surface area contributed by atoms with Gasteiger partial charge in [-0.3, -0.25) is 4.99 Å². The molecule has 0 atom stereocenters. The number of methoxy groups -OCH3 is 1. The molecule has 1 aromatic heterocycles. The molecule has 0 aliphatic carbocycles. The second kappa shape index (κ2) is 9.60. The number of rotatable bonds is 7. The highest BCUT2D eigenvalue weighted by Crippen LogP contribution is 2.19. The highest BCUT2D eigenvalue weighted by Gasteiger charge is 2.03. The molecule has 1 heterocycles. The van der Waals surface area contributed by atoms with E-state index in [0.29, 0.717) is 6.54 Å². The van der Waals surface area contributed by atoms with Crippen LogP contribution >= 0.6 is 0 Å². The van der Waals surface area contributed by atoms with Gasteiger partial charge in [-0.15, -0.1) is 0 Å². The fourth-order valence-corrected chi connectivity index (χ4v) is 2.98. The molecule has 2 N–H and O–H groups in total. The van der Waals surface area contributed by atoms with E-state index in [4.69, 9.17) is 4.74 Å². The van der Waals surface area contributed by atoms with Crippen molar-refractivity contribution in [1.82, 2.24) is 20.4 Å². The van der Waals surface area contributed by atoms with E-state index < -0.39 is 0 Å². The van der Waals surface area contributed by atoms with E-state index in [0.717, 1.165) is 35.9 Å². The van der Waals surface area contributed by atoms with Crippen LogP contribution in [0, 0.1) is 6.92 Å². The Hall–Kier alpha value is -3.28. The van der Waals surface area contributed by atoms with Crippen molar-refractivity contribution in [2.24, 2.45) is 4.99 Å². The molecule has 6 nitrogen and oxygen atoms in total. The third-order valence-electron chi connectivity index (χ3n) is 4.54. The van der Waals surface area contributed by atoms with Gasteiger partial charge in [-0.25, -0.2) is 4.68 Å². The van der Waals surface area contributed by atoms with Gasteiger partial charge < -0.3 is 15.4 Å². The zero-order chi connectivity index (χ0) is 19.8. The average Bonchev–Trinajstić information content (AvgIpc) is 3.27. The molecule has 0 amide bonds. The van der Waals surface area contributed by atoms with Gasteiger partial charge >= 0.3 is 0 Å². The number of hydrogen-bond acceptors (Lipinski definition) is 3. The highest BCUT2D eigenvalue weighted by atomic mass is 16.5. The number of ether oxygens (including phenoxy) is 1. The molecule has 0 radical (unpaired) electrons. The van der Waals surface area contributed by atoms with Gasteiger partial charge in [0, 0.05) is 32.5 Å². The first-order valence-electron chi connectivity index (χ1n) is 9.36. The van der Waals surface area contributed by atoms with Crippen molar-refractivity contribution in [3.05, 3.63) is 77.6 Å². The molecule has 0 bridgehead atoms. The second-order valence-electron chi connectivity index (χ2n) is 6.53. The predicted octanol–water partition coefficient (Wildman–Crippen LogP) is 3.10. The molecule has 0 saturated heterocycles. The Bertz CT molecular complexity index is 918. The van der Waals surface area contributed by atoms with E-state index in [9.17, 15) is 0 Å². The molecule has 0 saturated carbocycles. The lowest BCUT2D eigenvalue weighted by molar-refractivity contribution is 0.411. The summed E-state index contributed by atoms with van der Waals surface area (Å²) < 4.78 is 7.25. The van der Waals surface area contributed by atoms with Crippen LogP contribution < -0.4 is 15.4 Å². The number of nitrogens with one attached hydrogen (secondary N) is 2. The van der Waals surface area contributed by atoms with Crippen LogP contribution in [0.5, 0.6) is 5.75 Å². The van der Waals surface area contributed by atoms with E-state index >= 15 is 0 Å². The maximum absolute atomic E-state index is 5.40. The predicted molar refractivity (Wildman–Crippen MR) is 113 cm³/mol. The van der Waals surface area contributed by atoms with Gasteiger partial charge in [0.25, 0.3) is 0 Å². The van der Waals surface area contributed by atoms with Gasteiger partial charge in [-0.05, 0) is 54.3 Å². The van der Waals surface area contributed by atoms with Crippen LogP contribution in [0.25, 0.3) is 5.69 Å². The minimum Gasteiger partial charge on any atom is -0.496 e. The fourth-order valence-electron chi connectivity index (χ4n) is 2.98. The number of aromatic nitrogens is 2. The zero-order valence-corrected chi connectivity index (χ0v) is 16.6. The topological polar surface area (TPSA) is 63.5 Å². The number of aliphatic imine (C=N–C) groups is 1. The summed E-state index contributed by atoms with van der Waals surface area (Å²) in [7, 11) is 3.49. The Morgan fingerprint density at radius 1 is 1.11 bits per heavy atom. The number of nitrogens with zero attached hydrogens (tertiary/aromatic N) is 3. The van der Waals surface area contributed by atoms with Crippen LogP contribution in [-0.2, 0) is 13.0 Å². The average molecular weight is 377 g/mol. The van der Waals surface area contributed by atoms with Crippen LogP contribution in [0.2, 0.25) is 0 Å². The Labute approximate surface area is 166 Å². The highest BCUT2D eigenvalue weighted by molar-refractivity contribution is 5.79. The summed E-state index contributed by atoms with van der Waals surface area (Å²) in [5, 5.41) is 11.0. The van der Waals surface area contributed by atoms with Crippen molar-refractivity contribution in [3.63, 3.8) is 0 Å². The van der Waals surface area contributed by atoms with Crippen molar-refractivity contribution >= 4 is 5.96 Å². The molecule has 0 unspecified atom stereocenters. The Kier molecular flexibility index (Phi) is 6.68. The second-order valence-corrected chi connectivity index (χ2v) is 6.53. The maximum atomic E-state index is 5.40. The van der Waals surface area contributed by atoms with Crippen LogP contribution in [0.4, 0.5) is 0 Å². The van der Waals surface area contributed by atoms with E-state index in [1.54, 1.807) is 20.4 Å². The van der Waals surface area contributed by atoms with Crippen molar-refractivity contribution in [2.75, 3.05) is 20.7 Å². The molecule has 0 spiro atoms. The van der Waals surface area contributed by atoms with E-state index in [-0.39, 0.29) is 0 Å². The van der Waals surface area contributed by atoms with Gasteiger partial charge in [0.2, 0.25) is 0 Å². The zero-order valence-electron chi connectivity index (χ0n) is 16.6. The first kappa shape index (κ1) is 19.5. The summed E-state index contributed by atoms with van der Waals surface area (Å²) in [6, 6.07) is 16.5. The largest absolute Gasteiger partial charge is 0.496 e. The van der Waals surface area contributed by atoms with E-state index in [1.807, 2.05) is 36.0 Å². The molecule has 6 heteroatoms. The monoisotopic (exact) mass is 377 g/mol. The van der Waals surface area contributed by atoms with Crippen molar-refractivity contribution < 1.29 is 4.74 Å². The Morgan fingerprint density at radius 3 is 2.75 bits per heavy atom. The third-order valence-corrected chi connectivity index (χ3v) is 4.54. The standard InChI is InChI=1S/C22H27N5O/c1-17-8-9-18(15-21(17)28-3)10-12-24-22(23-2)25-16-19-6-4-7-20(14-19)27-13-5-11-26-27/h4-9,11,13-15H,10,12,16H2,1-3H3,(H2,23,24,25). The molecule has 146 valence electrons. The van der Waals surface area contributed by atoms with E-state index in [2.05, 4.69) is 51.1 Å². The van der Waals surface area contributed by atoms with Gasteiger partial charge in [-0.1, -0.05) is 24.3 Å². The maximum Gasteiger partial charge on any atom is 0.191 e. The lowest BCUT2D eigenvalue weighted by Gasteiger charge is -2.13. The molecule has 3 rings (SSSR count). The quantitative estimate of drug-likeness (QED) is 0.491. The summed E-state index contributed by atoms with van der Waals surface area (Å²) in [5.74, 6) is 1.71. The number of hydrogen-bond donors (Lipinski definition) is 2. The molecule has 0 fully saturated rings. The fraction of sp³-hybridized carbons (Fsp3) is 0.273. The number of benzene rings is 2.